The monoisotopic (exact) mass is 208 g/mol. The predicted octanol–water partition coefficient (Wildman–Crippen LogP) is 1.36. The van der Waals surface area contributed by atoms with E-state index in [0.29, 0.717) is 0 Å². The average molecular weight is 208 g/mol. The second-order valence-corrected chi connectivity index (χ2v) is 3.12. The van der Waals surface area contributed by atoms with Gasteiger partial charge < -0.3 is 15.7 Å². The molecule has 0 aliphatic carbocycles. The number of nitrogens with one attached hydrogen (secondary N) is 2. The zero-order valence-corrected chi connectivity index (χ0v) is 8.79. The van der Waals surface area contributed by atoms with Gasteiger partial charge in [-0.1, -0.05) is 25.1 Å². The zero-order valence-electron chi connectivity index (χ0n) is 8.79. The first-order chi connectivity index (χ1) is 7.27. The van der Waals surface area contributed by atoms with Crippen LogP contribution < -0.4 is 10.6 Å². The van der Waals surface area contributed by atoms with Crippen LogP contribution in [0.1, 0.15) is 12.5 Å². The van der Waals surface area contributed by atoms with E-state index in [2.05, 4.69) is 10.6 Å². The van der Waals surface area contributed by atoms with Crippen molar-refractivity contribution in [2.75, 3.05) is 18.5 Å². The first-order valence-corrected chi connectivity index (χ1v) is 5.01. The van der Waals surface area contributed by atoms with Gasteiger partial charge in [0, 0.05) is 12.2 Å². The van der Waals surface area contributed by atoms with Crippen LogP contribution in [0.15, 0.2) is 24.3 Å². The van der Waals surface area contributed by atoms with Gasteiger partial charge in [0.1, 0.15) is 0 Å². The lowest BCUT2D eigenvalue weighted by molar-refractivity contribution is 0.245. The summed E-state index contributed by atoms with van der Waals surface area (Å²) in [5.74, 6) is 0. The van der Waals surface area contributed by atoms with E-state index < -0.39 is 0 Å². The van der Waals surface area contributed by atoms with Gasteiger partial charge in [0.05, 0.1) is 6.61 Å². The van der Waals surface area contributed by atoms with Crippen LogP contribution in [0, 0.1) is 0 Å². The smallest absolute Gasteiger partial charge is 0.319 e. The molecule has 0 saturated carbocycles. The summed E-state index contributed by atoms with van der Waals surface area (Å²) in [4.78, 5) is 11.3. The molecule has 3 N–H and O–H groups in total. The number of anilines is 1. The number of aryl methyl sites for hydroxylation is 1. The van der Waals surface area contributed by atoms with Gasteiger partial charge in [-0.25, -0.2) is 4.79 Å². The summed E-state index contributed by atoms with van der Waals surface area (Å²) in [6.45, 7) is 2.25. The van der Waals surface area contributed by atoms with Crippen molar-refractivity contribution in [2.45, 2.75) is 13.3 Å². The summed E-state index contributed by atoms with van der Waals surface area (Å²) in [5.41, 5.74) is 1.91. The SMILES string of the molecule is CCc1ccccc1NC(=O)NCCO. The second-order valence-electron chi connectivity index (χ2n) is 3.12. The van der Waals surface area contributed by atoms with Crippen molar-refractivity contribution >= 4 is 11.7 Å². The number of hydrogen-bond acceptors (Lipinski definition) is 2. The quantitative estimate of drug-likeness (QED) is 0.699. The van der Waals surface area contributed by atoms with Crippen molar-refractivity contribution in [3.8, 4) is 0 Å². The first-order valence-electron chi connectivity index (χ1n) is 5.01. The average Bonchev–Trinajstić information content (AvgIpc) is 2.27. The van der Waals surface area contributed by atoms with Crippen LogP contribution in [0.2, 0.25) is 0 Å². The summed E-state index contributed by atoms with van der Waals surface area (Å²) >= 11 is 0. The number of hydrogen-bond donors (Lipinski definition) is 3. The maximum absolute atomic E-state index is 11.3. The van der Waals surface area contributed by atoms with Crippen molar-refractivity contribution in [2.24, 2.45) is 0 Å². The van der Waals surface area contributed by atoms with Gasteiger partial charge in [-0.15, -0.1) is 0 Å². The summed E-state index contributed by atoms with van der Waals surface area (Å²) in [6.07, 6.45) is 0.871. The number of amides is 2. The number of urea groups is 1. The van der Waals surface area contributed by atoms with Crippen molar-refractivity contribution in [3.05, 3.63) is 29.8 Å². The van der Waals surface area contributed by atoms with Gasteiger partial charge in [-0.3, -0.25) is 0 Å². The van der Waals surface area contributed by atoms with E-state index in [1.165, 1.54) is 0 Å². The third-order valence-corrected chi connectivity index (χ3v) is 2.04. The lowest BCUT2D eigenvalue weighted by Crippen LogP contribution is -2.31. The summed E-state index contributed by atoms with van der Waals surface area (Å²) in [6, 6.07) is 7.36. The Bertz CT molecular complexity index is 326. The normalized spacial score (nSPS) is 9.73. The minimum atomic E-state index is -0.287. The highest BCUT2D eigenvalue weighted by Gasteiger charge is 2.03. The van der Waals surface area contributed by atoms with Crippen molar-refractivity contribution in [1.82, 2.24) is 5.32 Å². The fourth-order valence-corrected chi connectivity index (χ4v) is 1.29. The molecule has 0 saturated heterocycles. The highest BCUT2D eigenvalue weighted by Crippen LogP contribution is 2.14. The molecule has 0 atom stereocenters. The van der Waals surface area contributed by atoms with Crippen LogP contribution in [0.4, 0.5) is 10.5 Å². The molecule has 0 heterocycles. The minimum absolute atomic E-state index is 0.0527. The Kier molecular flexibility index (Phi) is 4.63. The molecule has 2 amide bonds. The largest absolute Gasteiger partial charge is 0.395 e. The molecule has 0 aliphatic heterocycles. The molecular formula is C11H16N2O2. The fourth-order valence-electron chi connectivity index (χ4n) is 1.29. The van der Waals surface area contributed by atoms with E-state index in [4.69, 9.17) is 5.11 Å². The molecule has 1 aromatic rings. The second kappa shape index (κ2) is 6.03. The molecule has 0 bridgehead atoms. The summed E-state index contributed by atoms with van der Waals surface area (Å²) in [5, 5.41) is 13.8. The third-order valence-electron chi connectivity index (χ3n) is 2.04. The Morgan fingerprint density at radius 3 is 2.80 bits per heavy atom. The summed E-state index contributed by atoms with van der Waals surface area (Å²) < 4.78 is 0. The van der Waals surface area contributed by atoms with Gasteiger partial charge in [0.2, 0.25) is 0 Å². The molecule has 0 aromatic heterocycles. The standard InChI is InChI=1S/C11H16N2O2/c1-2-9-5-3-4-6-10(9)13-11(15)12-7-8-14/h3-6,14H,2,7-8H2,1H3,(H2,12,13,15). The number of aliphatic hydroxyl groups excluding tert-OH is 1. The van der Waals surface area contributed by atoms with Crippen molar-refractivity contribution in [1.29, 1.82) is 0 Å². The molecule has 0 unspecified atom stereocenters. The van der Waals surface area contributed by atoms with Crippen LogP contribution in [0.25, 0.3) is 0 Å². The molecule has 15 heavy (non-hydrogen) atoms. The van der Waals surface area contributed by atoms with Crippen LogP contribution in [0.5, 0.6) is 0 Å². The number of para-hydroxylation sites is 1. The van der Waals surface area contributed by atoms with E-state index in [1.807, 2.05) is 31.2 Å². The Balaban J connectivity index is 2.59. The van der Waals surface area contributed by atoms with E-state index in [9.17, 15) is 4.79 Å². The molecule has 0 radical (unpaired) electrons. The molecule has 1 aromatic carbocycles. The van der Waals surface area contributed by atoms with E-state index >= 15 is 0 Å². The number of benzene rings is 1. The van der Waals surface area contributed by atoms with Gasteiger partial charge in [-0.05, 0) is 18.1 Å². The lowest BCUT2D eigenvalue weighted by atomic mass is 10.1. The molecule has 1 rings (SSSR count). The van der Waals surface area contributed by atoms with Gasteiger partial charge >= 0.3 is 6.03 Å². The maximum atomic E-state index is 11.3. The van der Waals surface area contributed by atoms with E-state index in [-0.39, 0.29) is 19.2 Å². The number of rotatable bonds is 4. The van der Waals surface area contributed by atoms with Gasteiger partial charge in [0.15, 0.2) is 0 Å². The molecule has 0 fully saturated rings. The maximum Gasteiger partial charge on any atom is 0.319 e. The van der Waals surface area contributed by atoms with Crippen LogP contribution in [0.3, 0.4) is 0 Å². The van der Waals surface area contributed by atoms with E-state index in [1.54, 1.807) is 0 Å². The fraction of sp³-hybridized carbons (Fsp3) is 0.364. The van der Waals surface area contributed by atoms with Gasteiger partial charge in [-0.2, -0.15) is 0 Å². The molecule has 4 nitrogen and oxygen atoms in total. The highest BCUT2D eigenvalue weighted by molar-refractivity contribution is 5.90. The molecular weight excluding hydrogens is 192 g/mol. The van der Waals surface area contributed by atoms with Gasteiger partial charge in [0.25, 0.3) is 0 Å². The predicted molar refractivity (Wildman–Crippen MR) is 59.9 cm³/mol. The Morgan fingerprint density at radius 1 is 1.40 bits per heavy atom. The van der Waals surface area contributed by atoms with E-state index in [0.717, 1.165) is 17.7 Å². The molecule has 82 valence electrons. The van der Waals surface area contributed by atoms with Crippen LogP contribution >= 0.6 is 0 Å². The molecule has 0 aliphatic rings. The number of carbonyl (C=O) groups is 1. The lowest BCUT2D eigenvalue weighted by Gasteiger charge is -2.09. The first kappa shape index (κ1) is 11.5. The third kappa shape index (κ3) is 3.59. The van der Waals surface area contributed by atoms with Crippen molar-refractivity contribution < 1.29 is 9.90 Å². The van der Waals surface area contributed by atoms with Crippen LogP contribution in [-0.4, -0.2) is 24.3 Å². The highest BCUT2D eigenvalue weighted by atomic mass is 16.3. The molecule has 4 heteroatoms. The topological polar surface area (TPSA) is 61.4 Å². The Labute approximate surface area is 89.3 Å². The van der Waals surface area contributed by atoms with Crippen molar-refractivity contribution in [3.63, 3.8) is 0 Å². The number of aliphatic hydroxyl groups is 1. The molecule has 0 spiro atoms. The Hall–Kier alpha value is -1.55. The van der Waals surface area contributed by atoms with Crippen LogP contribution in [-0.2, 0) is 6.42 Å². The zero-order chi connectivity index (χ0) is 11.1. The minimum Gasteiger partial charge on any atom is -0.395 e. The number of carbonyl (C=O) groups excluding carboxylic acids is 1. The summed E-state index contributed by atoms with van der Waals surface area (Å²) in [7, 11) is 0. The Morgan fingerprint density at radius 2 is 2.13 bits per heavy atom.